The quantitative estimate of drug-likeness (QED) is 0.403. The van der Waals surface area contributed by atoms with E-state index >= 15 is 0 Å². The van der Waals surface area contributed by atoms with Gasteiger partial charge in [-0.1, -0.05) is 24.3 Å². The highest BCUT2D eigenvalue weighted by Crippen LogP contribution is 2.04. The van der Waals surface area contributed by atoms with Crippen molar-refractivity contribution in [1.29, 1.82) is 0 Å². The van der Waals surface area contributed by atoms with Crippen LogP contribution in [-0.2, 0) is 4.79 Å². The van der Waals surface area contributed by atoms with Crippen LogP contribution >= 0.6 is 0 Å². The molecule has 0 fully saturated rings. The summed E-state index contributed by atoms with van der Waals surface area (Å²) in [6.07, 6.45) is 2.89. The van der Waals surface area contributed by atoms with Crippen LogP contribution in [0.2, 0.25) is 0 Å². The van der Waals surface area contributed by atoms with Crippen LogP contribution in [-0.4, -0.2) is 12.3 Å². The van der Waals surface area contributed by atoms with Crippen LogP contribution in [0.3, 0.4) is 0 Å². The van der Waals surface area contributed by atoms with Gasteiger partial charge < -0.3 is 0 Å². The van der Waals surface area contributed by atoms with E-state index in [4.69, 9.17) is 0 Å². The second-order valence-electron chi connectivity index (χ2n) is 2.42. The van der Waals surface area contributed by atoms with E-state index in [1.807, 2.05) is 0 Å². The third-order valence-electron chi connectivity index (χ3n) is 1.48. The van der Waals surface area contributed by atoms with E-state index in [2.05, 4.69) is 0 Å². The van der Waals surface area contributed by atoms with Gasteiger partial charge in [0, 0.05) is 11.6 Å². The smallest absolute Gasteiger partial charge is 0.298 e. The number of allylic oxidation sites excluding steroid dienone is 1. The Kier molecular flexibility index (Phi) is 3.09. The Morgan fingerprint density at radius 1 is 1.15 bits per heavy atom. The molecule has 0 N–H and O–H groups in total. The number of hydrogen-bond donors (Lipinski definition) is 0. The van der Waals surface area contributed by atoms with Gasteiger partial charge >= 0.3 is 6.04 Å². The SMILES string of the molecule is O=Cc1ccc(/C=C/C(=O)F)cc1. The maximum Gasteiger partial charge on any atom is 0.324 e. The molecule has 0 unspecified atom stereocenters. The molecular weight excluding hydrogens is 171 g/mol. The largest absolute Gasteiger partial charge is 0.324 e. The minimum atomic E-state index is -1.49. The topological polar surface area (TPSA) is 34.1 Å². The Balaban J connectivity index is 2.80. The Morgan fingerprint density at radius 2 is 1.69 bits per heavy atom. The number of rotatable bonds is 3. The van der Waals surface area contributed by atoms with E-state index in [-0.39, 0.29) is 0 Å². The molecule has 0 bridgehead atoms. The summed E-state index contributed by atoms with van der Waals surface area (Å²) in [5.41, 5.74) is 1.22. The lowest BCUT2D eigenvalue weighted by Crippen LogP contribution is -1.80. The maximum absolute atomic E-state index is 11.8. The van der Waals surface area contributed by atoms with Gasteiger partial charge in [-0.3, -0.25) is 9.59 Å². The molecule has 1 aromatic carbocycles. The van der Waals surface area contributed by atoms with Crippen LogP contribution < -0.4 is 0 Å². The highest BCUT2D eigenvalue weighted by atomic mass is 19.1. The predicted molar refractivity (Wildman–Crippen MR) is 47.0 cm³/mol. The zero-order chi connectivity index (χ0) is 9.68. The summed E-state index contributed by atoms with van der Waals surface area (Å²) >= 11 is 0. The van der Waals surface area contributed by atoms with Gasteiger partial charge in [0.2, 0.25) is 0 Å². The third kappa shape index (κ3) is 2.99. The highest BCUT2D eigenvalue weighted by molar-refractivity contribution is 5.86. The molecule has 0 amide bonds. The van der Waals surface area contributed by atoms with E-state index in [0.717, 1.165) is 6.08 Å². The molecule has 0 saturated heterocycles. The lowest BCUT2D eigenvalue weighted by atomic mass is 10.1. The molecule has 2 nitrogen and oxygen atoms in total. The summed E-state index contributed by atoms with van der Waals surface area (Å²) in [5, 5.41) is 0. The Hall–Kier alpha value is -1.77. The van der Waals surface area contributed by atoms with Gasteiger partial charge in [0.1, 0.15) is 6.29 Å². The second kappa shape index (κ2) is 4.30. The summed E-state index contributed by atoms with van der Waals surface area (Å²) in [5.74, 6) is 0. The van der Waals surface area contributed by atoms with Crippen LogP contribution in [0.25, 0.3) is 6.08 Å². The number of benzene rings is 1. The first kappa shape index (κ1) is 9.32. The zero-order valence-corrected chi connectivity index (χ0v) is 6.74. The van der Waals surface area contributed by atoms with Gasteiger partial charge in [0.15, 0.2) is 0 Å². The standard InChI is InChI=1S/C10H7FO2/c11-10(13)6-5-8-1-3-9(7-12)4-2-8/h1-7H/b6-5+. The molecule has 0 aromatic heterocycles. The van der Waals surface area contributed by atoms with Gasteiger partial charge in [-0.15, -0.1) is 0 Å². The number of aldehydes is 1. The highest BCUT2D eigenvalue weighted by Gasteiger charge is 1.91. The van der Waals surface area contributed by atoms with Crippen LogP contribution in [0.15, 0.2) is 30.3 Å². The van der Waals surface area contributed by atoms with Crippen molar-refractivity contribution in [3.05, 3.63) is 41.5 Å². The zero-order valence-electron chi connectivity index (χ0n) is 6.74. The van der Waals surface area contributed by atoms with Crippen molar-refractivity contribution in [2.45, 2.75) is 0 Å². The molecule has 0 saturated carbocycles. The second-order valence-corrected chi connectivity index (χ2v) is 2.42. The van der Waals surface area contributed by atoms with Gasteiger partial charge in [0.05, 0.1) is 0 Å². The molecule has 0 heterocycles. The molecule has 3 heteroatoms. The average Bonchev–Trinajstić information content (AvgIpc) is 2.15. The Morgan fingerprint density at radius 3 is 2.15 bits per heavy atom. The van der Waals surface area contributed by atoms with Gasteiger partial charge in [-0.25, -0.2) is 0 Å². The van der Waals surface area contributed by atoms with E-state index in [1.165, 1.54) is 6.08 Å². The molecule has 0 radical (unpaired) electrons. The molecule has 0 aliphatic rings. The molecule has 0 aliphatic heterocycles. The lowest BCUT2D eigenvalue weighted by molar-refractivity contribution is -0.124. The number of halogens is 1. The monoisotopic (exact) mass is 178 g/mol. The molecule has 0 spiro atoms. The Labute approximate surface area is 74.7 Å². The number of carbonyl (C=O) groups excluding carboxylic acids is 2. The first-order chi connectivity index (χ1) is 6.22. The van der Waals surface area contributed by atoms with Crippen molar-refractivity contribution in [2.75, 3.05) is 0 Å². The minimum Gasteiger partial charge on any atom is -0.298 e. The molecule has 1 aromatic rings. The van der Waals surface area contributed by atoms with Crippen LogP contribution in [0, 0.1) is 0 Å². The fraction of sp³-hybridized carbons (Fsp3) is 0. The number of hydrogen-bond acceptors (Lipinski definition) is 2. The predicted octanol–water partition coefficient (Wildman–Crippen LogP) is 2.01. The van der Waals surface area contributed by atoms with Crippen molar-refractivity contribution in [2.24, 2.45) is 0 Å². The van der Waals surface area contributed by atoms with Gasteiger partial charge in [-0.2, -0.15) is 4.39 Å². The fourth-order valence-corrected chi connectivity index (χ4v) is 0.847. The minimum absolute atomic E-state index is 0.545. The summed E-state index contributed by atoms with van der Waals surface area (Å²) in [4.78, 5) is 20.2. The summed E-state index contributed by atoms with van der Waals surface area (Å²) in [6, 6.07) is 4.95. The van der Waals surface area contributed by atoms with Crippen molar-refractivity contribution in [1.82, 2.24) is 0 Å². The van der Waals surface area contributed by atoms with E-state index in [1.54, 1.807) is 24.3 Å². The first-order valence-corrected chi connectivity index (χ1v) is 3.65. The van der Waals surface area contributed by atoms with Gasteiger partial charge in [-0.05, 0) is 11.6 Å². The fourth-order valence-electron chi connectivity index (χ4n) is 0.847. The summed E-state index contributed by atoms with van der Waals surface area (Å²) in [6.45, 7) is 0. The van der Waals surface area contributed by atoms with Crippen molar-refractivity contribution in [3.63, 3.8) is 0 Å². The third-order valence-corrected chi connectivity index (χ3v) is 1.48. The maximum atomic E-state index is 11.8. The summed E-state index contributed by atoms with van der Waals surface area (Å²) < 4.78 is 11.8. The van der Waals surface area contributed by atoms with E-state index in [0.29, 0.717) is 17.4 Å². The van der Waals surface area contributed by atoms with Crippen molar-refractivity contribution in [3.8, 4) is 0 Å². The van der Waals surface area contributed by atoms with Crippen LogP contribution in [0.5, 0.6) is 0 Å². The van der Waals surface area contributed by atoms with Crippen LogP contribution in [0.1, 0.15) is 15.9 Å². The normalized spacial score (nSPS) is 10.2. The van der Waals surface area contributed by atoms with E-state index in [9.17, 15) is 14.0 Å². The molecule has 66 valence electrons. The molecule has 1 rings (SSSR count). The molecule has 0 aliphatic carbocycles. The van der Waals surface area contributed by atoms with Crippen molar-refractivity contribution >= 4 is 18.4 Å². The van der Waals surface area contributed by atoms with Crippen LogP contribution in [0.4, 0.5) is 4.39 Å². The molecule has 0 atom stereocenters. The lowest BCUT2D eigenvalue weighted by Gasteiger charge is -1.92. The van der Waals surface area contributed by atoms with Gasteiger partial charge in [0.25, 0.3) is 0 Å². The summed E-state index contributed by atoms with van der Waals surface area (Å²) in [7, 11) is 0. The molecular formula is C10H7FO2. The van der Waals surface area contributed by atoms with E-state index < -0.39 is 6.04 Å². The average molecular weight is 178 g/mol. The first-order valence-electron chi connectivity index (χ1n) is 3.65. The van der Waals surface area contributed by atoms with Crippen molar-refractivity contribution < 1.29 is 14.0 Å². The number of carbonyl (C=O) groups is 2. The molecule has 13 heavy (non-hydrogen) atoms. The Bertz CT molecular complexity index is 338.